The van der Waals surface area contributed by atoms with Gasteiger partial charge in [0, 0.05) is 12.0 Å². The van der Waals surface area contributed by atoms with Gasteiger partial charge < -0.3 is 4.74 Å². The van der Waals surface area contributed by atoms with Gasteiger partial charge in [-0.05, 0) is 51.5 Å². The molecule has 0 radical (unpaired) electrons. The molecule has 0 aromatic rings. The monoisotopic (exact) mass is 300 g/mol. The van der Waals surface area contributed by atoms with Crippen molar-refractivity contribution >= 4 is 5.97 Å². The van der Waals surface area contributed by atoms with E-state index in [1.807, 2.05) is 6.08 Å². The second-order valence-electron chi connectivity index (χ2n) is 6.84. The van der Waals surface area contributed by atoms with Gasteiger partial charge in [0.15, 0.2) is 0 Å². The van der Waals surface area contributed by atoms with E-state index in [2.05, 4.69) is 45.9 Å². The van der Waals surface area contributed by atoms with Crippen LogP contribution in [0.1, 0.15) is 59.8 Å². The lowest BCUT2D eigenvalue weighted by Crippen LogP contribution is -2.08. The molecule has 0 fully saturated rings. The average molecular weight is 300 g/mol. The first-order chi connectivity index (χ1) is 10.5. The van der Waals surface area contributed by atoms with Gasteiger partial charge >= 0.3 is 5.97 Å². The Morgan fingerprint density at radius 2 is 1.86 bits per heavy atom. The van der Waals surface area contributed by atoms with Crippen LogP contribution < -0.4 is 0 Å². The van der Waals surface area contributed by atoms with E-state index in [1.54, 1.807) is 0 Å². The number of carbonyl (C=O) groups excluding carboxylic acids is 1. The summed E-state index contributed by atoms with van der Waals surface area (Å²) < 4.78 is 5.48. The number of rotatable bonds is 1. The van der Waals surface area contributed by atoms with Crippen LogP contribution in [0.2, 0.25) is 0 Å². The van der Waals surface area contributed by atoms with E-state index in [0.717, 1.165) is 37.7 Å². The van der Waals surface area contributed by atoms with Crippen LogP contribution in [0, 0.1) is 5.92 Å². The molecule has 2 bridgehead atoms. The summed E-state index contributed by atoms with van der Waals surface area (Å²) in [5, 5.41) is 0. The minimum Gasteiger partial charge on any atom is -0.454 e. The lowest BCUT2D eigenvalue weighted by atomic mass is 9.94. The first-order valence-corrected chi connectivity index (χ1v) is 8.39. The van der Waals surface area contributed by atoms with Gasteiger partial charge in [-0.1, -0.05) is 48.8 Å². The van der Waals surface area contributed by atoms with E-state index in [4.69, 9.17) is 4.74 Å². The van der Waals surface area contributed by atoms with Gasteiger partial charge in [0.2, 0.25) is 0 Å². The van der Waals surface area contributed by atoms with Gasteiger partial charge in [-0.25, -0.2) is 4.79 Å². The summed E-state index contributed by atoms with van der Waals surface area (Å²) in [5.74, 6) is 0.385. The second kappa shape index (κ2) is 7.62. The van der Waals surface area contributed by atoms with Crippen LogP contribution in [0.4, 0.5) is 0 Å². The Balaban J connectivity index is 2.23. The molecule has 0 saturated heterocycles. The first kappa shape index (κ1) is 16.8. The summed E-state index contributed by atoms with van der Waals surface area (Å²) in [7, 11) is 0. The Bertz CT molecular complexity index is 544. The summed E-state index contributed by atoms with van der Waals surface area (Å²) in [5.41, 5.74) is 4.97. The van der Waals surface area contributed by atoms with Gasteiger partial charge in [0.05, 0.1) is 0 Å². The van der Waals surface area contributed by atoms with Gasteiger partial charge in [-0.15, -0.1) is 0 Å². The molecule has 0 saturated carbocycles. The molecular weight excluding hydrogens is 272 g/mol. The van der Waals surface area contributed by atoms with E-state index >= 15 is 0 Å². The van der Waals surface area contributed by atoms with Crippen LogP contribution in [-0.4, -0.2) is 12.1 Å². The normalized spacial score (nSPS) is 24.0. The van der Waals surface area contributed by atoms with Gasteiger partial charge in [-0.2, -0.15) is 0 Å². The molecule has 0 N–H and O–H groups in total. The zero-order chi connectivity index (χ0) is 16.1. The molecule has 2 rings (SSSR count). The van der Waals surface area contributed by atoms with Crippen molar-refractivity contribution in [3.8, 4) is 0 Å². The predicted molar refractivity (Wildman–Crippen MR) is 91.5 cm³/mol. The number of allylic oxidation sites excluding steroid dienone is 5. The molecule has 0 spiro atoms. The van der Waals surface area contributed by atoms with E-state index in [0.29, 0.717) is 5.92 Å². The molecule has 0 aromatic carbocycles. The van der Waals surface area contributed by atoms with Crippen molar-refractivity contribution in [2.24, 2.45) is 5.92 Å². The van der Waals surface area contributed by atoms with Gasteiger partial charge in [-0.3, -0.25) is 0 Å². The maximum atomic E-state index is 12.0. The van der Waals surface area contributed by atoms with E-state index in [1.165, 1.54) is 16.7 Å². The summed E-state index contributed by atoms with van der Waals surface area (Å²) in [4.78, 5) is 12.0. The molecule has 1 unspecified atom stereocenters. The van der Waals surface area contributed by atoms with Crippen molar-refractivity contribution in [2.45, 2.75) is 65.9 Å². The van der Waals surface area contributed by atoms with Crippen LogP contribution in [0.15, 0.2) is 46.6 Å². The van der Waals surface area contributed by atoms with Crippen molar-refractivity contribution in [2.75, 3.05) is 0 Å². The average Bonchev–Trinajstić information content (AvgIpc) is 2.77. The maximum absolute atomic E-state index is 12.0. The molecule has 1 atom stereocenters. The SMILES string of the molecule is CC1=CC=C(C(C)C)CCC2=CC(CC(C)=CCC1)OC2=O. The highest BCUT2D eigenvalue weighted by atomic mass is 16.5. The third-order valence-corrected chi connectivity index (χ3v) is 4.47. The molecule has 0 amide bonds. The summed E-state index contributed by atoms with van der Waals surface area (Å²) >= 11 is 0. The Morgan fingerprint density at radius 1 is 1.09 bits per heavy atom. The summed E-state index contributed by atoms with van der Waals surface area (Å²) in [6, 6.07) is 0. The minimum absolute atomic E-state index is 0.0650. The van der Waals surface area contributed by atoms with Crippen LogP contribution in [0.25, 0.3) is 0 Å². The molecule has 1 aliphatic carbocycles. The van der Waals surface area contributed by atoms with Crippen molar-refractivity contribution in [1.82, 2.24) is 0 Å². The number of ether oxygens (including phenoxy) is 1. The first-order valence-electron chi connectivity index (χ1n) is 8.39. The smallest absolute Gasteiger partial charge is 0.334 e. The lowest BCUT2D eigenvalue weighted by Gasteiger charge is -2.11. The number of carbonyl (C=O) groups is 1. The maximum Gasteiger partial charge on any atom is 0.334 e. The highest BCUT2D eigenvalue weighted by Crippen LogP contribution is 2.27. The largest absolute Gasteiger partial charge is 0.454 e. The van der Waals surface area contributed by atoms with Gasteiger partial charge in [0.1, 0.15) is 6.10 Å². The molecule has 1 heterocycles. The molecule has 120 valence electrons. The number of hydrogen-bond donors (Lipinski definition) is 0. The fourth-order valence-electron chi connectivity index (χ4n) is 2.95. The Kier molecular flexibility index (Phi) is 5.82. The van der Waals surface area contributed by atoms with Crippen molar-refractivity contribution in [1.29, 1.82) is 0 Å². The fraction of sp³-hybridized carbons (Fsp3) is 0.550. The molecule has 2 aliphatic rings. The van der Waals surface area contributed by atoms with Crippen molar-refractivity contribution < 1.29 is 9.53 Å². The van der Waals surface area contributed by atoms with E-state index in [9.17, 15) is 4.79 Å². The highest BCUT2D eigenvalue weighted by molar-refractivity contribution is 5.90. The lowest BCUT2D eigenvalue weighted by molar-refractivity contribution is -0.139. The topological polar surface area (TPSA) is 26.3 Å². The minimum atomic E-state index is -0.123. The van der Waals surface area contributed by atoms with Crippen LogP contribution in [0.5, 0.6) is 0 Å². The molecule has 1 aliphatic heterocycles. The third kappa shape index (κ3) is 4.72. The zero-order valence-corrected chi connectivity index (χ0v) is 14.3. The number of hydrogen-bond acceptors (Lipinski definition) is 2. The fourth-order valence-corrected chi connectivity index (χ4v) is 2.95. The zero-order valence-electron chi connectivity index (χ0n) is 14.3. The van der Waals surface area contributed by atoms with Crippen molar-refractivity contribution in [3.63, 3.8) is 0 Å². The van der Waals surface area contributed by atoms with Crippen LogP contribution >= 0.6 is 0 Å². The number of esters is 1. The molecular formula is C20H28O2. The summed E-state index contributed by atoms with van der Waals surface area (Å²) in [6.07, 6.45) is 13.4. The predicted octanol–water partition coefficient (Wildman–Crippen LogP) is 5.28. The molecule has 2 heteroatoms. The van der Waals surface area contributed by atoms with Gasteiger partial charge in [0.25, 0.3) is 0 Å². The quantitative estimate of drug-likeness (QED) is 0.486. The Labute approximate surface area is 134 Å². The summed E-state index contributed by atoms with van der Waals surface area (Å²) in [6.45, 7) is 8.76. The standard InChI is InChI=1S/C20H28O2/c1-14(2)17-9-8-15(3)6-5-7-16(4)12-19-13-18(11-10-17)20(21)22-19/h7-9,13-14,19H,5-6,10-12H2,1-4H3. The van der Waals surface area contributed by atoms with Crippen LogP contribution in [-0.2, 0) is 9.53 Å². The number of fused-ring (bicyclic) bond motifs is 1. The van der Waals surface area contributed by atoms with Crippen LogP contribution in [0.3, 0.4) is 0 Å². The highest BCUT2D eigenvalue weighted by Gasteiger charge is 2.25. The van der Waals surface area contributed by atoms with E-state index < -0.39 is 0 Å². The third-order valence-electron chi connectivity index (χ3n) is 4.47. The second-order valence-corrected chi connectivity index (χ2v) is 6.84. The van der Waals surface area contributed by atoms with E-state index in [-0.39, 0.29) is 12.1 Å². The molecule has 22 heavy (non-hydrogen) atoms. The molecule has 2 nitrogen and oxygen atoms in total. The van der Waals surface area contributed by atoms with Crippen molar-refractivity contribution in [3.05, 3.63) is 46.6 Å². The molecule has 0 aromatic heterocycles. The Morgan fingerprint density at radius 3 is 2.59 bits per heavy atom. The Hall–Kier alpha value is -1.57.